The van der Waals surface area contributed by atoms with Gasteiger partial charge in [-0.1, -0.05) is 31.4 Å². The molecule has 0 heterocycles. The van der Waals surface area contributed by atoms with Crippen LogP contribution < -0.4 is 10.5 Å². The minimum atomic E-state index is -1.17. The lowest BCUT2D eigenvalue weighted by atomic mass is 9.96. The van der Waals surface area contributed by atoms with Crippen molar-refractivity contribution in [1.29, 1.82) is 0 Å². The highest BCUT2D eigenvalue weighted by Crippen LogP contribution is 2.19. The van der Waals surface area contributed by atoms with Gasteiger partial charge >= 0.3 is 0 Å². The van der Waals surface area contributed by atoms with Gasteiger partial charge in [-0.15, -0.1) is 0 Å². The number of benzene rings is 1. The highest BCUT2D eigenvalue weighted by atomic mass is 32.2. The molecule has 2 atom stereocenters. The SMILES string of the molecule is NCC(O)Cc1cccc(S(=O)NC2CCCCC2)c1. The molecule has 1 aromatic carbocycles. The summed E-state index contributed by atoms with van der Waals surface area (Å²) in [6.07, 6.45) is 5.91. The molecule has 4 nitrogen and oxygen atoms in total. The summed E-state index contributed by atoms with van der Waals surface area (Å²) < 4.78 is 15.5. The van der Waals surface area contributed by atoms with Crippen molar-refractivity contribution in [3.05, 3.63) is 29.8 Å². The van der Waals surface area contributed by atoms with Crippen LogP contribution in [0.1, 0.15) is 37.7 Å². The first-order chi connectivity index (χ1) is 9.69. The van der Waals surface area contributed by atoms with E-state index in [1.807, 2.05) is 24.3 Å². The average molecular weight is 296 g/mol. The van der Waals surface area contributed by atoms with E-state index in [2.05, 4.69) is 4.72 Å². The number of nitrogens with one attached hydrogen (secondary N) is 1. The minimum Gasteiger partial charge on any atom is -0.391 e. The number of rotatable bonds is 6. The van der Waals surface area contributed by atoms with E-state index in [0.717, 1.165) is 23.3 Å². The van der Waals surface area contributed by atoms with E-state index in [0.29, 0.717) is 12.5 Å². The van der Waals surface area contributed by atoms with Crippen molar-refractivity contribution in [2.24, 2.45) is 5.73 Å². The summed E-state index contributed by atoms with van der Waals surface area (Å²) in [5, 5.41) is 9.59. The van der Waals surface area contributed by atoms with Gasteiger partial charge in [-0.3, -0.25) is 0 Å². The maximum Gasteiger partial charge on any atom is 0.125 e. The fourth-order valence-electron chi connectivity index (χ4n) is 2.58. The van der Waals surface area contributed by atoms with Crippen LogP contribution in [-0.2, 0) is 17.4 Å². The molecule has 1 aromatic rings. The quantitative estimate of drug-likeness (QED) is 0.744. The average Bonchev–Trinajstić information content (AvgIpc) is 2.48. The van der Waals surface area contributed by atoms with E-state index < -0.39 is 17.1 Å². The van der Waals surface area contributed by atoms with Gasteiger partial charge < -0.3 is 10.8 Å². The topological polar surface area (TPSA) is 75.3 Å². The van der Waals surface area contributed by atoms with Gasteiger partial charge in [0.05, 0.1) is 11.0 Å². The summed E-state index contributed by atoms with van der Waals surface area (Å²) in [5.41, 5.74) is 6.39. The van der Waals surface area contributed by atoms with Crippen molar-refractivity contribution >= 4 is 11.0 Å². The van der Waals surface area contributed by atoms with E-state index in [1.165, 1.54) is 19.3 Å². The Hall–Kier alpha value is -0.750. The first-order valence-electron chi connectivity index (χ1n) is 7.34. The van der Waals surface area contributed by atoms with Crippen molar-refractivity contribution in [2.75, 3.05) is 6.54 Å². The minimum absolute atomic E-state index is 0.244. The lowest BCUT2D eigenvalue weighted by Crippen LogP contribution is -2.32. The molecule has 0 aliphatic heterocycles. The number of hydrogen-bond acceptors (Lipinski definition) is 3. The second-order valence-electron chi connectivity index (χ2n) is 5.46. The Balaban J connectivity index is 1.96. The zero-order valence-electron chi connectivity index (χ0n) is 11.8. The van der Waals surface area contributed by atoms with Crippen molar-refractivity contribution in [2.45, 2.75) is 55.6 Å². The third kappa shape index (κ3) is 4.66. The van der Waals surface area contributed by atoms with Gasteiger partial charge in [-0.25, -0.2) is 8.93 Å². The standard InChI is InChI=1S/C15H24N2O2S/c16-11-14(18)9-12-5-4-8-15(10-12)20(19)17-13-6-2-1-3-7-13/h4-5,8,10,13-14,17-18H,1-3,6-7,9,11,16H2. The zero-order valence-corrected chi connectivity index (χ0v) is 12.6. The van der Waals surface area contributed by atoms with Gasteiger partial charge in [0.15, 0.2) is 0 Å². The van der Waals surface area contributed by atoms with Gasteiger partial charge in [0.2, 0.25) is 0 Å². The Labute approximate surface area is 123 Å². The van der Waals surface area contributed by atoms with Gasteiger partial charge in [0.1, 0.15) is 11.0 Å². The zero-order chi connectivity index (χ0) is 14.4. The number of nitrogens with two attached hydrogens (primary N) is 1. The predicted molar refractivity (Wildman–Crippen MR) is 81.6 cm³/mol. The maximum absolute atomic E-state index is 12.3. The van der Waals surface area contributed by atoms with E-state index in [9.17, 15) is 9.32 Å². The molecule has 0 saturated heterocycles. The summed E-state index contributed by atoms with van der Waals surface area (Å²) in [6, 6.07) is 7.94. The van der Waals surface area contributed by atoms with E-state index >= 15 is 0 Å². The van der Waals surface area contributed by atoms with Crippen LogP contribution in [-0.4, -0.2) is 28.0 Å². The molecule has 20 heavy (non-hydrogen) atoms. The lowest BCUT2D eigenvalue weighted by molar-refractivity contribution is 0.183. The second-order valence-corrected chi connectivity index (χ2v) is 6.71. The fourth-order valence-corrected chi connectivity index (χ4v) is 3.72. The highest BCUT2D eigenvalue weighted by Gasteiger charge is 2.16. The molecule has 0 radical (unpaired) electrons. The Morgan fingerprint density at radius 1 is 1.35 bits per heavy atom. The van der Waals surface area contributed by atoms with Crippen LogP contribution in [0, 0.1) is 0 Å². The number of aliphatic hydroxyl groups is 1. The third-order valence-corrected chi connectivity index (χ3v) is 4.96. The maximum atomic E-state index is 12.3. The molecule has 0 amide bonds. The van der Waals surface area contributed by atoms with Crippen molar-refractivity contribution in [1.82, 2.24) is 4.72 Å². The summed E-state index contributed by atoms with van der Waals surface area (Å²) in [6.45, 7) is 0.244. The third-order valence-electron chi connectivity index (χ3n) is 3.73. The molecule has 112 valence electrons. The molecule has 4 N–H and O–H groups in total. The van der Waals surface area contributed by atoms with Crippen LogP contribution in [0.2, 0.25) is 0 Å². The molecule has 1 aliphatic rings. The van der Waals surface area contributed by atoms with Gasteiger partial charge in [-0.2, -0.15) is 0 Å². The molecule has 0 aromatic heterocycles. The second kappa shape index (κ2) is 7.88. The van der Waals surface area contributed by atoms with E-state index in [-0.39, 0.29) is 6.54 Å². The Kier molecular flexibility index (Phi) is 6.16. The van der Waals surface area contributed by atoms with Crippen LogP contribution in [0.25, 0.3) is 0 Å². The van der Waals surface area contributed by atoms with Crippen molar-refractivity contribution in [3.63, 3.8) is 0 Å². The molecule has 1 saturated carbocycles. The molecule has 0 spiro atoms. The smallest absolute Gasteiger partial charge is 0.125 e. The van der Waals surface area contributed by atoms with Gasteiger partial charge in [-0.05, 0) is 37.0 Å². The van der Waals surface area contributed by atoms with Crippen LogP contribution in [0.4, 0.5) is 0 Å². The summed E-state index contributed by atoms with van der Waals surface area (Å²) in [5.74, 6) is 0. The molecular weight excluding hydrogens is 272 g/mol. The Morgan fingerprint density at radius 3 is 2.80 bits per heavy atom. The summed E-state index contributed by atoms with van der Waals surface area (Å²) in [7, 11) is -1.17. The van der Waals surface area contributed by atoms with Crippen molar-refractivity contribution in [3.8, 4) is 0 Å². The fraction of sp³-hybridized carbons (Fsp3) is 0.600. The van der Waals surface area contributed by atoms with Crippen LogP contribution in [0.5, 0.6) is 0 Å². The van der Waals surface area contributed by atoms with Crippen LogP contribution >= 0.6 is 0 Å². The number of hydrogen-bond donors (Lipinski definition) is 3. The summed E-state index contributed by atoms with van der Waals surface area (Å²) in [4.78, 5) is 0.775. The van der Waals surface area contributed by atoms with E-state index in [4.69, 9.17) is 5.73 Å². The molecule has 2 unspecified atom stereocenters. The van der Waals surface area contributed by atoms with Crippen molar-refractivity contribution < 1.29 is 9.32 Å². The monoisotopic (exact) mass is 296 g/mol. The predicted octanol–water partition coefficient (Wildman–Crippen LogP) is 1.49. The largest absolute Gasteiger partial charge is 0.391 e. The molecule has 0 bridgehead atoms. The molecule has 5 heteroatoms. The summed E-state index contributed by atoms with van der Waals surface area (Å²) >= 11 is 0. The first kappa shape index (κ1) is 15.6. The van der Waals surface area contributed by atoms with E-state index in [1.54, 1.807) is 0 Å². The molecule has 1 aliphatic carbocycles. The first-order valence-corrected chi connectivity index (χ1v) is 8.49. The lowest BCUT2D eigenvalue weighted by Gasteiger charge is -2.22. The van der Waals surface area contributed by atoms with Gasteiger partial charge in [0.25, 0.3) is 0 Å². The van der Waals surface area contributed by atoms with Gasteiger partial charge in [0, 0.05) is 12.6 Å². The molecule has 1 fully saturated rings. The highest BCUT2D eigenvalue weighted by molar-refractivity contribution is 7.83. The Bertz CT molecular complexity index is 447. The van der Waals surface area contributed by atoms with Crippen LogP contribution in [0.15, 0.2) is 29.2 Å². The molecule has 2 rings (SSSR count). The Morgan fingerprint density at radius 2 is 2.10 bits per heavy atom. The van der Waals surface area contributed by atoms with Crippen LogP contribution in [0.3, 0.4) is 0 Å². The number of aliphatic hydroxyl groups excluding tert-OH is 1. The molecular formula is C15H24N2O2S. The normalized spacial score (nSPS) is 19.7.